The second-order valence-corrected chi connectivity index (χ2v) is 10.3. The van der Waals surface area contributed by atoms with Crippen molar-refractivity contribution in [2.45, 2.75) is 62.3 Å². The molecule has 1 aromatic heterocycles. The molecule has 3 fully saturated rings. The van der Waals surface area contributed by atoms with Gasteiger partial charge in [-0.1, -0.05) is 50.6 Å². The highest BCUT2D eigenvalue weighted by Crippen LogP contribution is 2.39. The van der Waals surface area contributed by atoms with Crippen LogP contribution in [0.15, 0.2) is 60.2 Å². The molecule has 1 saturated carbocycles. The van der Waals surface area contributed by atoms with Crippen molar-refractivity contribution >= 4 is 17.8 Å². The molecular weight excluding hydrogens is 428 g/mol. The summed E-state index contributed by atoms with van der Waals surface area (Å²) in [6.45, 7) is 12.2. The van der Waals surface area contributed by atoms with E-state index in [1.54, 1.807) is 18.0 Å². The van der Waals surface area contributed by atoms with Crippen molar-refractivity contribution in [3.63, 3.8) is 0 Å². The highest BCUT2D eigenvalue weighted by atomic mass is 32.2. The third kappa shape index (κ3) is 8.29. The molecule has 0 bridgehead atoms. The van der Waals surface area contributed by atoms with Gasteiger partial charge in [-0.3, -0.25) is 4.72 Å². The number of aromatic nitrogens is 1. The number of ether oxygens (including phenoxy) is 1. The number of rotatable bonds is 8. The van der Waals surface area contributed by atoms with Gasteiger partial charge >= 0.3 is 0 Å². The molecule has 2 saturated heterocycles. The summed E-state index contributed by atoms with van der Waals surface area (Å²) in [7, 11) is 1.90. The molecule has 0 atom stereocenters. The number of hydrogen-bond donors (Lipinski definition) is 2. The van der Waals surface area contributed by atoms with Crippen molar-refractivity contribution in [3.05, 3.63) is 55.3 Å². The zero-order valence-corrected chi connectivity index (χ0v) is 21.2. The Morgan fingerprint density at radius 2 is 2.00 bits per heavy atom. The zero-order valence-electron chi connectivity index (χ0n) is 20.4. The maximum absolute atomic E-state index is 5.63. The summed E-state index contributed by atoms with van der Waals surface area (Å²) in [5.74, 6) is 1.13. The third-order valence-corrected chi connectivity index (χ3v) is 7.91. The molecule has 3 heterocycles. The molecule has 5 nitrogen and oxygen atoms in total. The minimum atomic E-state index is 0.468. The Labute approximate surface area is 205 Å². The SMILES string of the molecule is C=C/C=C(\C=C)CNC.c1cc(N2CCC3(CCOC3)CC2)ncc1SNC1CCCCC1. The fraction of sp³-hybridized carbons (Fsp3) is 0.593. The van der Waals surface area contributed by atoms with Gasteiger partial charge < -0.3 is 15.0 Å². The van der Waals surface area contributed by atoms with Gasteiger partial charge in [0.2, 0.25) is 0 Å². The van der Waals surface area contributed by atoms with Crippen molar-refractivity contribution in [3.8, 4) is 0 Å². The van der Waals surface area contributed by atoms with Crippen LogP contribution in [0.5, 0.6) is 0 Å². The zero-order chi connectivity index (χ0) is 23.4. The molecule has 0 unspecified atom stereocenters. The quantitative estimate of drug-likeness (QED) is 0.385. The maximum atomic E-state index is 5.63. The van der Waals surface area contributed by atoms with Gasteiger partial charge in [-0.25, -0.2) is 4.98 Å². The number of piperidine rings is 1. The number of hydrogen-bond acceptors (Lipinski definition) is 6. The Kier molecular flexibility index (Phi) is 11.0. The summed E-state index contributed by atoms with van der Waals surface area (Å²) in [5.41, 5.74) is 1.63. The Morgan fingerprint density at radius 1 is 1.21 bits per heavy atom. The summed E-state index contributed by atoms with van der Waals surface area (Å²) >= 11 is 1.75. The van der Waals surface area contributed by atoms with Crippen LogP contribution in [0.2, 0.25) is 0 Å². The molecule has 2 aliphatic heterocycles. The van der Waals surface area contributed by atoms with Crippen LogP contribution in [0.25, 0.3) is 0 Å². The molecule has 33 heavy (non-hydrogen) atoms. The molecular formula is C27H42N4OS. The summed E-state index contributed by atoms with van der Waals surface area (Å²) in [6.07, 6.45) is 18.1. The lowest BCUT2D eigenvalue weighted by molar-refractivity contribution is 0.133. The van der Waals surface area contributed by atoms with Crippen molar-refractivity contribution in [1.82, 2.24) is 15.0 Å². The van der Waals surface area contributed by atoms with E-state index in [1.807, 2.05) is 25.4 Å². The van der Waals surface area contributed by atoms with Gasteiger partial charge in [0.15, 0.2) is 0 Å². The lowest BCUT2D eigenvalue weighted by Crippen LogP contribution is -2.40. The molecule has 3 aliphatic rings. The monoisotopic (exact) mass is 470 g/mol. The predicted molar refractivity (Wildman–Crippen MR) is 142 cm³/mol. The molecule has 0 radical (unpaired) electrons. The normalized spacial score (nSPS) is 20.9. The highest BCUT2D eigenvalue weighted by Gasteiger charge is 2.38. The summed E-state index contributed by atoms with van der Waals surface area (Å²) in [6, 6.07) is 5.08. The molecule has 182 valence electrons. The van der Waals surface area contributed by atoms with Crippen LogP contribution in [0.3, 0.4) is 0 Å². The number of likely N-dealkylation sites (N-methyl/N-ethyl adjacent to an activating group) is 1. The average molecular weight is 471 g/mol. The second-order valence-electron chi connectivity index (χ2n) is 9.41. The van der Waals surface area contributed by atoms with Crippen molar-refractivity contribution in [2.75, 3.05) is 44.8 Å². The molecule has 1 spiro atoms. The van der Waals surface area contributed by atoms with E-state index in [0.29, 0.717) is 11.5 Å². The first-order chi connectivity index (χ1) is 16.2. The minimum Gasteiger partial charge on any atom is -0.381 e. The summed E-state index contributed by atoms with van der Waals surface area (Å²) in [5, 5.41) is 3.02. The second kappa shape index (κ2) is 14.0. The number of nitrogens with zero attached hydrogens (tertiary/aromatic N) is 2. The first-order valence-electron chi connectivity index (χ1n) is 12.5. The van der Waals surface area contributed by atoms with Crippen LogP contribution in [-0.2, 0) is 4.74 Å². The molecule has 6 heteroatoms. The van der Waals surface area contributed by atoms with E-state index in [4.69, 9.17) is 9.72 Å². The molecule has 1 aliphatic carbocycles. The highest BCUT2D eigenvalue weighted by molar-refractivity contribution is 7.97. The molecule has 2 N–H and O–H groups in total. The van der Waals surface area contributed by atoms with E-state index in [0.717, 1.165) is 44.2 Å². The van der Waals surface area contributed by atoms with Crippen molar-refractivity contribution < 1.29 is 4.74 Å². The van der Waals surface area contributed by atoms with Gasteiger partial charge in [0.25, 0.3) is 0 Å². The Morgan fingerprint density at radius 3 is 2.58 bits per heavy atom. The fourth-order valence-electron chi connectivity index (χ4n) is 4.80. The number of pyridine rings is 1. The van der Waals surface area contributed by atoms with E-state index in [2.05, 4.69) is 40.2 Å². The maximum Gasteiger partial charge on any atom is 0.128 e. The van der Waals surface area contributed by atoms with Gasteiger partial charge in [-0.05, 0) is 74.2 Å². The Hall–Kier alpha value is -1.60. The smallest absolute Gasteiger partial charge is 0.128 e. The first-order valence-corrected chi connectivity index (χ1v) is 13.3. The van der Waals surface area contributed by atoms with E-state index >= 15 is 0 Å². The van der Waals surface area contributed by atoms with Crippen LogP contribution >= 0.6 is 11.9 Å². The number of nitrogens with one attached hydrogen (secondary N) is 2. The number of allylic oxidation sites excluding steroid dienone is 2. The van der Waals surface area contributed by atoms with Crippen LogP contribution in [0, 0.1) is 5.41 Å². The van der Waals surface area contributed by atoms with Crippen molar-refractivity contribution in [1.29, 1.82) is 0 Å². The van der Waals surface area contributed by atoms with Crippen LogP contribution in [0.4, 0.5) is 5.82 Å². The Balaban J connectivity index is 0.000000292. The van der Waals surface area contributed by atoms with Gasteiger partial charge in [-0.2, -0.15) is 0 Å². The first kappa shape index (κ1) is 26.0. The van der Waals surface area contributed by atoms with Gasteiger partial charge in [0.1, 0.15) is 5.82 Å². The van der Waals surface area contributed by atoms with E-state index in [-0.39, 0.29) is 0 Å². The van der Waals surface area contributed by atoms with Crippen LogP contribution < -0.4 is 14.9 Å². The van der Waals surface area contributed by atoms with E-state index in [9.17, 15) is 0 Å². The lowest BCUT2D eigenvalue weighted by atomic mass is 9.78. The van der Waals surface area contributed by atoms with E-state index < -0.39 is 0 Å². The topological polar surface area (TPSA) is 49.4 Å². The minimum absolute atomic E-state index is 0.468. The van der Waals surface area contributed by atoms with Gasteiger partial charge in [0.05, 0.1) is 6.61 Å². The molecule has 1 aromatic rings. The fourth-order valence-corrected chi connectivity index (χ4v) is 5.58. The summed E-state index contributed by atoms with van der Waals surface area (Å²) in [4.78, 5) is 8.38. The molecule has 0 amide bonds. The summed E-state index contributed by atoms with van der Waals surface area (Å²) < 4.78 is 9.25. The predicted octanol–water partition coefficient (Wildman–Crippen LogP) is 5.52. The average Bonchev–Trinajstić information content (AvgIpc) is 3.32. The van der Waals surface area contributed by atoms with E-state index in [1.165, 1.54) is 56.3 Å². The van der Waals surface area contributed by atoms with Crippen LogP contribution in [0.1, 0.15) is 51.4 Å². The van der Waals surface area contributed by atoms with Crippen LogP contribution in [-0.4, -0.2) is 50.9 Å². The third-order valence-electron chi connectivity index (χ3n) is 6.98. The molecule has 0 aromatic carbocycles. The van der Waals surface area contributed by atoms with Gasteiger partial charge in [0, 0.05) is 43.4 Å². The lowest BCUT2D eigenvalue weighted by Gasteiger charge is -2.38. The largest absolute Gasteiger partial charge is 0.381 e. The molecule has 4 rings (SSSR count). The van der Waals surface area contributed by atoms with Crippen molar-refractivity contribution in [2.24, 2.45) is 5.41 Å². The Bertz CT molecular complexity index is 742. The number of anilines is 1. The van der Waals surface area contributed by atoms with Gasteiger partial charge in [-0.15, -0.1) is 0 Å². The standard InChI is InChI=1S/C19H29N3OS.C8H13N/c1-2-4-16(5-3-1)21-24-17-6-7-18(20-14-17)22-11-8-19(9-12-22)10-13-23-15-19;1-4-6-8(5-2)7-9-3/h6-7,14,16,21H,1-5,8-13,15H2;4-6,9H,1-2,7H2,3H3/b;8-6+.